The number of rotatable bonds is 8. The van der Waals surface area contributed by atoms with Crippen LogP contribution >= 0.6 is 0 Å². The molecule has 0 heterocycles. The Morgan fingerprint density at radius 1 is 1.20 bits per heavy atom. The van der Waals surface area contributed by atoms with Crippen LogP contribution in [0.1, 0.15) is 52.9 Å². The van der Waals surface area contributed by atoms with Gasteiger partial charge >= 0.3 is 0 Å². The maximum Gasteiger partial charge on any atom is 0.220 e. The summed E-state index contributed by atoms with van der Waals surface area (Å²) < 4.78 is 0. The van der Waals surface area contributed by atoms with Gasteiger partial charge in [0.25, 0.3) is 0 Å². The normalized spacial score (nSPS) is 12.9. The molecule has 1 amide bonds. The number of nitrogens with two attached hydrogens (primary N) is 1. The lowest BCUT2D eigenvalue weighted by molar-refractivity contribution is -0.121. The number of carbonyl (C=O) groups excluding carboxylic acids is 1. The molecule has 0 saturated carbocycles. The molecule has 0 spiro atoms. The second-order valence-electron chi connectivity index (χ2n) is 4.69. The highest BCUT2D eigenvalue weighted by Gasteiger charge is 2.07. The molecule has 3 heteroatoms. The molecule has 90 valence electrons. The molecule has 15 heavy (non-hydrogen) atoms. The minimum atomic E-state index is 0.166. The molecule has 0 saturated heterocycles. The van der Waals surface area contributed by atoms with E-state index in [4.69, 9.17) is 5.73 Å². The van der Waals surface area contributed by atoms with Gasteiger partial charge in [0, 0.05) is 12.5 Å². The van der Waals surface area contributed by atoms with E-state index in [-0.39, 0.29) is 5.91 Å². The third-order valence-electron chi connectivity index (χ3n) is 2.44. The van der Waals surface area contributed by atoms with Gasteiger partial charge in [-0.2, -0.15) is 0 Å². The average Bonchev–Trinajstić information content (AvgIpc) is 2.15. The first kappa shape index (κ1) is 14.4. The van der Waals surface area contributed by atoms with Gasteiger partial charge in [0.15, 0.2) is 0 Å². The fourth-order valence-corrected chi connectivity index (χ4v) is 1.43. The Kier molecular flexibility index (Phi) is 8.38. The summed E-state index contributed by atoms with van der Waals surface area (Å²) in [5, 5.41) is 3.01. The van der Waals surface area contributed by atoms with Crippen LogP contribution in [0.5, 0.6) is 0 Å². The van der Waals surface area contributed by atoms with Crippen LogP contribution in [0.15, 0.2) is 0 Å². The maximum atomic E-state index is 11.4. The van der Waals surface area contributed by atoms with Gasteiger partial charge in [-0.15, -0.1) is 0 Å². The molecule has 0 bridgehead atoms. The number of amides is 1. The van der Waals surface area contributed by atoms with Gasteiger partial charge in [0.05, 0.1) is 0 Å². The Morgan fingerprint density at radius 2 is 1.87 bits per heavy atom. The van der Waals surface area contributed by atoms with Gasteiger partial charge in [0.1, 0.15) is 0 Å². The van der Waals surface area contributed by atoms with Crippen molar-refractivity contribution in [2.45, 2.75) is 58.9 Å². The minimum absolute atomic E-state index is 0.166. The smallest absolute Gasteiger partial charge is 0.220 e. The summed E-state index contributed by atoms with van der Waals surface area (Å²) in [7, 11) is 0. The van der Waals surface area contributed by atoms with Crippen LogP contribution in [-0.2, 0) is 4.79 Å². The minimum Gasteiger partial charge on any atom is -0.354 e. The standard InChI is InChI=1S/C12H26N2O/c1-10(2)7-8-11(3)14-12(15)6-4-5-9-13/h10-11H,4-9,13H2,1-3H3,(H,14,15). The first-order chi connectivity index (χ1) is 7.06. The van der Waals surface area contributed by atoms with Crippen molar-refractivity contribution in [1.29, 1.82) is 0 Å². The quantitative estimate of drug-likeness (QED) is 0.608. The van der Waals surface area contributed by atoms with Gasteiger partial charge in [-0.3, -0.25) is 4.79 Å². The van der Waals surface area contributed by atoms with Crippen molar-refractivity contribution in [3.05, 3.63) is 0 Å². The van der Waals surface area contributed by atoms with Crippen LogP contribution in [0.2, 0.25) is 0 Å². The van der Waals surface area contributed by atoms with Crippen LogP contribution in [0.25, 0.3) is 0 Å². The molecular weight excluding hydrogens is 188 g/mol. The first-order valence-corrected chi connectivity index (χ1v) is 6.05. The number of unbranched alkanes of at least 4 members (excludes halogenated alkanes) is 1. The third kappa shape index (κ3) is 9.73. The second kappa shape index (κ2) is 8.72. The van der Waals surface area contributed by atoms with E-state index in [1.807, 2.05) is 0 Å². The van der Waals surface area contributed by atoms with Gasteiger partial charge in [-0.05, 0) is 45.1 Å². The summed E-state index contributed by atoms with van der Waals surface area (Å²) >= 11 is 0. The number of carbonyl (C=O) groups is 1. The van der Waals surface area contributed by atoms with Crippen molar-refractivity contribution < 1.29 is 4.79 Å². The lowest BCUT2D eigenvalue weighted by Crippen LogP contribution is -2.32. The molecule has 0 aliphatic rings. The fourth-order valence-electron chi connectivity index (χ4n) is 1.43. The average molecular weight is 214 g/mol. The molecule has 0 aliphatic carbocycles. The summed E-state index contributed by atoms with van der Waals surface area (Å²) in [6.07, 6.45) is 4.70. The topological polar surface area (TPSA) is 55.1 Å². The first-order valence-electron chi connectivity index (χ1n) is 6.05. The van der Waals surface area contributed by atoms with E-state index in [0.717, 1.165) is 19.3 Å². The van der Waals surface area contributed by atoms with E-state index in [1.54, 1.807) is 0 Å². The van der Waals surface area contributed by atoms with E-state index in [9.17, 15) is 4.79 Å². The summed E-state index contributed by atoms with van der Waals surface area (Å²) in [5.41, 5.74) is 5.37. The Hall–Kier alpha value is -0.570. The van der Waals surface area contributed by atoms with Crippen LogP contribution < -0.4 is 11.1 Å². The lowest BCUT2D eigenvalue weighted by Gasteiger charge is -2.14. The highest BCUT2D eigenvalue weighted by atomic mass is 16.1. The Labute approximate surface area is 93.8 Å². The van der Waals surface area contributed by atoms with E-state index in [0.29, 0.717) is 24.9 Å². The molecule has 0 aromatic carbocycles. The van der Waals surface area contributed by atoms with Crippen molar-refractivity contribution in [3.63, 3.8) is 0 Å². The summed E-state index contributed by atoms with van der Waals surface area (Å²) in [6.45, 7) is 7.16. The second-order valence-corrected chi connectivity index (χ2v) is 4.69. The number of hydrogen-bond donors (Lipinski definition) is 2. The molecular formula is C12H26N2O. The fraction of sp³-hybridized carbons (Fsp3) is 0.917. The Bertz CT molecular complexity index is 169. The van der Waals surface area contributed by atoms with E-state index >= 15 is 0 Å². The summed E-state index contributed by atoms with van der Waals surface area (Å²) in [6, 6.07) is 0.303. The van der Waals surface area contributed by atoms with Crippen molar-refractivity contribution in [2.24, 2.45) is 11.7 Å². The zero-order valence-corrected chi connectivity index (χ0v) is 10.4. The van der Waals surface area contributed by atoms with E-state index in [1.165, 1.54) is 6.42 Å². The van der Waals surface area contributed by atoms with Crippen molar-refractivity contribution >= 4 is 5.91 Å². The monoisotopic (exact) mass is 214 g/mol. The Balaban J connectivity index is 3.49. The zero-order chi connectivity index (χ0) is 11.7. The van der Waals surface area contributed by atoms with Crippen LogP contribution in [0.4, 0.5) is 0 Å². The van der Waals surface area contributed by atoms with Gasteiger partial charge in [0.2, 0.25) is 5.91 Å². The summed E-state index contributed by atoms with van der Waals surface area (Å²) in [4.78, 5) is 11.4. The molecule has 0 fully saturated rings. The lowest BCUT2D eigenvalue weighted by atomic mass is 10.0. The van der Waals surface area contributed by atoms with Crippen molar-refractivity contribution in [1.82, 2.24) is 5.32 Å². The number of hydrogen-bond acceptors (Lipinski definition) is 2. The molecule has 0 radical (unpaired) electrons. The van der Waals surface area contributed by atoms with Crippen molar-refractivity contribution in [2.75, 3.05) is 6.54 Å². The highest BCUT2D eigenvalue weighted by Crippen LogP contribution is 2.06. The number of nitrogens with one attached hydrogen (secondary N) is 1. The molecule has 0 aromatic heterocycles. The van der Waals surface area contributed by atoms with Gasteiger partial charge in [-0.1, -0.05) is 13.8 Å². The van der Waals surface area contributed by atoms with Crippen LogP contribution in [0.3, 0.4) is 0 Å². The maximum absolute atomic E-state index is 11.4. The molecule has 1 atom stereocenters. The third-order valence-corrected chi connectivity index (χ3v) is 2.44. The van der Waals surface area contributed by atoms with Crippen molar-refractivity contribution in [3.8, 4) is 0 Å². The molecule has 3 nitrogen and oxygen atoms in total. The SMILES string of the molecule is CC(C)CCC(C)NC(=O)CCCCN. The molecule has 0 rings (SSSR count). The van der Waals surface area contributed by atoms with E-state index < -0.39 is 0 Å². The van der Waals surface area contributed by atoms with Crippen LogP contribution in [-0.4, -0.2) is 18.5 Å². The predicted octanol–water partition coefficient (Wildman–Crippen LogP) is 2.06. The van der Waals surface area contributed by atoms with Gasteiger partial charge < -0.3 is 11.1 Å². The van der Waals surface area contributed by atoms with E-state index in [2.05, 4.69) is 26.1 Å². The zero-order valence-electron chi connectivity index (χ0n) is 10.4. The predicted molar refractivity (Wildman–Crippen MR) is 64.6 cm³/mol. The largest absolute Gasteiger partial charge is 0.354 e. The molecule has 1 unspecified atom stereocenters. The molecule has 0 aliphatic heterocycles. The molecule has 0 aromatic rings. The Morgan fingerprint density at radius 3 is 2.40 bits per heavy atom. The van der Waals surface area contributed by atoms with Gasteiger partial charge in [-0.25, -0.2) is 0 Å². The highest BCUT2D eigenvalue weighted by molar-refractivity contribution is 5.76. The molecule has 3 N–H and O–H groups in total. The van der Waals surface area contributed by atoms with Crippen LogP contribution in [0, 0.1) is 5.92 Å². The summed E-state index contributed by atoms with van der Waals surface area (Å²) in [5.74, 6) is 0.876.